The van der Waals surface area contributed by atoms with E-state index in [1.165, 1.54) is 12.0 Å². The minimum Gasteiger partial charge on any atom is -0.494 e. The van der Waals surface area contributed by atoms with Crippen LogP contribution >= 0.6 is 0 Å². The number of nitrogens with zero attached hydrogens (tertiary/aromatic N) is 1. The summed E-state index contributed by atoms with van der Waals surface area (Å²) in [6, 6.07) is 8.08. The maximum atomic E-state index is 12.4. The Bertz CT molecular complexity index is 465. The summed E-state index contributed by atoms with van der Waals surface area (Å²) >= 11 is 0. The maximum Gasteiger partial charge on any atom is 0.222 e. The molecule has 1 saturated heterocycles. The molecule has 1 aromatic carbocycles. The van der Waals surface area contributed by atoms with Gasteiger partial charge in [-0.05, 0) is 69.8 Å². The van der Waals surface area contributed by atoms with Crippen molar-refractivity contribution in [2.45, 2.75) is 39.0 Å². The highest BCUT2D eigenvalue weighted by molar-refractivity contribution is 5.76. The van der Waals surface area contributed by atoms with Gasteiger partial charge < -0.3 is 15.0 Å². The lowest BCUT2D eigenvalue weighted by molar-refractivity contribution is -0.132. The molecule has 23 heavy (non-hydrogen) atoms. The highest BCUT2D eigenvalue weighted by Gasteiger charge is 2.22. The van der Waals surface area contributed by atoms with Crippen LogP contribution < -0.4 is 10.1 Å². The predicted molar refractivity (Wildman–Crippen MR) is 93.8 cm³/mol. The van der Waals surface area contributed by atoms with E-state index in [0.29, 0.717) is 18.9 Å². The van der Waals surface area contributed by atoms with Gasteiger partial charge in [0.2, 0.25) is 5.91 Å². The van der Waals surface area contributed by atoms with Crippen LogP contribution in [0, 0.1) is 5.92 Å². The molecule has 0 saturated carbocycles. The van der Waals surface area contributed by atoms with Crippen molar-refractivity contribution in [3.63, 3.8) is 0 Å². The minimum atomic E-state index is 0.297. The Hall–Kier alpha value is -1.55. The number of likely N-dealkylation sites (tertiary alicyclic amines) is 1. The zero-order valence-corrected chi connectivity index (χ0v) is 14.5. The van der Waals surface area contributed by atoms with Gasteiger partial charge in [-0.1, -0.05) is 12.1 Å². The lowest BCUT2D eigenvalue weighted by atomic mass is 9.93. The zero-order valence-electron chi connectivity index (χ0n) is 14.5. The lowest BCUT2D eigenvalue weighted by Gasteiger charge is -2.32. The van der Waals surface area contributed by atoms with E-state index < -0.39 is 0 Å². The van der Waals surface area contributed by atoms with Crippen molar-refractivity contribution in [3.8, 4) is 5.75 Å². The van der Waals surface area contributed by atoms with Crippen molar-refractivity contribution in [3.05, 3.63) is 29.8 Å². The Kier molecular flexibility index (Phi) is 7.40. The normalized spacial score (nSPS) is 15.7. The summed E-state index contributed by atoms with van der Waals surface area (Å²) in [4.78, 5) is 14.4. The molecule has 2 rings (SSSR count). The molecule has 0 aliphatic carbocycles. The van der Waals surface area contributed by atoms with Crippen molar-refractivity contribution in [1.29, 1.82) is 0 Å². The van der Waals surface area contributed by atoms with Gasteiger partial charge >= 0.3 is 0 Å². The molecule has 0 radical (unpaired) electrons. The first-order valence-electron chi connectivity index (χ1n) is 8.87. The summed E-state index contributed by atoms with van der Waals surface area (Å²) in [6.45, 7) is 5.60. The van der Waals surface area contributed by atoms with Gasteiger partial charge in [-0.2, -0.15) is 0 Å². The number of benzene rings is 1. The third kappa shape index (κ3) is 5.87. The Balaban J connectivity index is 1.70. The van der Waals surface area contributed by atoms with Crippen molar-refractivity contribution in [1.82, 2.24) is 10.2 Å². The van der Waals surface area contributed by atoms with Crippen LogP contribution in [0.2, 0.25) is 0 Å². The van der Waals surface area contributed by atoms with Crippen molar-refractivity contribution >= 4 is 5.91 Å². The molecule has 0 atom stereocenters. The quantitative estimate of drug-likeness (QED) is 0.801. The van der Waals surface area contributed by atoms with Crippen molar-refractivity contribution in [2.24, 2.45) is 5.92 Å². The number of hydrogen-bond donors (Lipinski definition) is 1. The largest absolute Gasteiger partial charge is 0.494 e. The second-order valence-electron chi connectivity index (χ2n) is 6.29. The third-order valence-corrected chi connectivity index (χ3v) is 4.63. The van der Waals surface area contributed by atoms with Crippen LogP contribution in [0.5, 0.6) is 5.75 Å². The second-order valence-corrected chi connectivity index (χ2v) is 6.29. The molecular formula is C19H30N2O2. The SMILES string of the molecule is CCOc1ccc(CCC(=O)N2CCC(CCNC)CC2)cc1. The summed E-state index contributed by atoms with van der Waals surface area (Å²) in [7, 11) is 2.00. The summed E-state index contributed by atoms with van der Waals surface area (Å²) in [5, 5.41) is 3.21. The highest BCUT2D eigenvalue weighted by atomic mass is 16.5. The first kappa shape index (κ1) is 17.8. The van der Waals surface area contributed by atoms with Crippen LogP contribution in [0.3, 0.4) is 0 Å². The number of aryl methyl sites for hydroxylation is 1. The van der Waals surface area contributed by atoms with Gasteiger partial charge in [0.15, 0.2) is 0 Å². The topological polar surface area (TPSA) is 41.6 Å². The number of ether oxygens (including phenoxy) is 1. The summed E-state index contributed by atoms with van der Waals surface area (Å²) in [5.41, 5.74) is 1.20. The first-order valence-corrected chi connectivity index (χ1v) is 8.87. The average Bonchev–Trinajstić information content (AvgIpc) is 2.60. The lowest BCUT2D eigenvalue weighted by Crippen LogP contribution is -2.39. The molecule has 1 aliphatic rings. The van der Waals surface area contributed by atoms with Gasteiger partial charge in [0, 0.05) is 19.5 Å². The molecular weight excluding hydrogens is 288 g/mol. The van der Waals surface area contributed by atoms with Crippen LogP contribution in [0.25, 0.3) is 0 Å². The van der Waals surface area contributed by atoms with E-state index in [0.717, 1.165) is 50.6 Å². The molecule has 1 N–H and O–H groups in total. The molecule has 1 fully saturated rings. The van der Waals surface area contributed by atoms with Crippen LogP contribution in [-0.2, 0) is 11.2 Å². The summed E-state index contributed by atoms with van der Waals surface area (Å²) < 4.78 is 5.44. The fraction of sp³-hybridized carbons (Fsp3) is 0.632. The average molecular weight is 318 g/mol. The molecule has 0 bridgehead atoms. The first-order chi connectivity index (χ1) is 11.2. The number of amides is 1. The van der Waals surface area contributed by atoms with E-state index in [1.54, 1.807) is 0 Å². The number of hydrogen-bond acceptors (Lipinski definition) is 3. The molecule has 0 spiro atoms. The number of carbonyl (C=O) groups excluding carboxylic acids is 1. The highest BCUT2D eigenvalue weighted by Crippen LogP contribution is 2.21. The Morgan fingerprint density at radius 3 is 2.57 bits per heavy atom. The number of nitrogens with one attached hydrogen (secondary N) is 1. The van der Waals surface area contributed by atoms with Crippen LogP contribution in [-0.4, -0.2) is 44.1 Å². The molecule has 1 aliphatic heterocycles. The summed E-state index contributed by atoms with van der Waals surface area (Å²) in [6.07, 6.45) is 4.94. The predicted octanol–water partition coefficient (Wildman–Crippen LogP) is 2.87. The van der Waals surface area contributed by atoms with E-state index in [4.69, 9.17) is 4.74 Å². The molecule has 4 heteroatoms. The van der Waals surface area contributed by atoms with Crippen molar-refractivity contribution < 1.29 is 9.53 Å². The van der Waals surface area contributed by atoms with Gasteiger partial charge in [0.25, 0.3) is 0 Å². The van der Waals surface area contributed by atoms with Crippen LogP contribution in [0.1, 0.15) is 38.2 Å². The minimum absolute atomic E-state index is 0.297. The Morgan fingerprint density at radius 2 is 1.96 bits per heavy atom. The molecule has 128 valence electrons. The van der Waals surface area contributed by atoms with Gasteiger partial charge in [-0.25, -0.2) is 0 Å². The molecule has 4 nitrogen and oxygen atoms in total. The van der Waals surface area contributed by atoms with E-state index in [2.05, 4.69) is 17.4 Å². The van der Waals surface area contributed by atoms with Gasteiger partial charge in [-0.3, -0.25) is 4.79 Å². The Morgan fingerprint density at radius 1 is 1.26 bits per heavy atom. The molecule has 1 heterocycles. The van der Waals surface area contributed by atoms with E-state index in [9.17, 15) is 4.79 Å². The van der Waals surface area contributed by atoms with Crippen LogP contribution in [0.15, 0.2) is 24.3 Å². The Labute approximate surface area is 140 Å². The fourth-order valence-corrected chi connectivity index (χ4v) is 3.15. The van der Waals surface area contributed by atoms with E-state index in [1.807, 2.05) is 31.0 Å². The molecule has 0 aromatic heterocycles. The third-order valence-electron chi connectivity index (χ3n) is 4.63. The monoisotopic (exact) mass is 318 g/mol. The second kappa shape index (κ2) is 9.56. The molecule has 0 unspecified atom stereocenters. The zero-order chi connectivity index (χ0) is 16.5. The maximum absolute atomic E-state index is 12.4. The van der Waals surface area contributed by atoms with E-state index >= 15 is 0 Å². The fourth-order valence-electron chi connectivity index (χ4n) is 3.15. The van der Waals surface area contributed by atoms with Gasteiger partial charge in [-0.15, -0.1) is 0 Å². The summed E-state index contributed by atoms with van der Waals surface area (Å²) in [5.74, 6) is 1.97. The molecule has 1 amide bonds. The number of piperidine rings is 1. The van der Waals surface area contributed by atoms with Gasteiger partial charge in [0.1, 0.15) is 5.75 Å². The number of rotatable bonds is 8. The van der Waals surface area contributed by atoms with Crippen molar-refractivity contribution in [2.75, 3.05) is 33.3 Å². The number of carbonyl (C=O) groups is 1. The molecule has 1 aromatic rings. The van der Waals surface area contributed by atoms with Crippen LogP contribution in [0.4, 0.5) is 0 Å². The smallest absolute Gasteiger partial charge is 0.222 e. The van der Waals surface area contributed by atoms with Gasteiger partial charge in [0.05, 0.1) is 6.61 Å². The van der Waals surface area contributed by atoms with E-state index in [-0.39, 0.29) is 0 Å². The standard InChI is InChI=1S/C19H30N2O2/c1-3-23-18-7-4-16(5-8-18)6-9-19(22)21-14-11-17(12-15-21)10-13-20-2/h4-5,7-8,17,20H,3,6,9-15H2,1-2H3.